The van der Waals surface area contributed by atoms with Gasteiger partial charge in [-0.2, -0.15) is 0 Å². The van der Waals surface area contributed by atoms with Crippen LogP contribution in [-0.4, -0.2) is 36.0 Å². The molecule has 0 aliphatic carbocycles. The Hall–Kier alpha value is -0.610. The van der Waals surface area contributed by atoms with E-state index in [4.69, 9.17) is 14.9 Å². The fraction of sp³-hybridized carbons (Fsp3) is 0.857. The summed E-state index contributed by atoms with van der Waals surface area (Å²) in [5.74, 6) is -1.11. The lowest BCUT2D eigenvalue weighted by Crippen LogP contribution is -2.24. The number of carboxylic acid groups (broad SMARTS) is 1. The van der Waals surface area contributed by atoms with E-state index in [9.17, 15) is 4.79 Å². The maximum Gasteiger partial charge on any atom is 0.305 e. The summed E-state index contributed by atoms with van der Waals surface area (Å²) in [6.45, 7) is 2.13. The minimum Gasteiger partial charge on any atom is -0.481 e. The largest absolute Gasteiger partial charge is 0.481 e. The van der Waals surface area contributed by atoms with Gasteiger partial charge < -0.3 is 14.9 Å². The van der Waals surface area contributed by atoms with Gasteiger partial charge in [-0.15, -0.1) is 0 Å². The third kappa shape index (κ3) is 4.75. The van der Waals surface area contributed by atoms with Gasteiger partial charge in [0.05, 0.1) is 19.1 Å². The first-order valence-electron chi connectivity index (χ1n) is 3.46. The van der Waals surface area contributed by atoms with Crippen LogP contribution in [-0.2, 0) is 9.53 Å². The van der Waals surface area contributed by atoms with Crippen molar-refractivity contribution < 1.29 is 19.7 Å². The van der Waals surface area contributed by atoms with Crippen LogP contribution in [0.25, 0.3) is 0 Å². The van der Waals surface area contributed by atoms with E-state index in [-0.39, 0.29) is 12.3 Å². The van der Waals surface area contributed by atoms with Crippen LogP contribution in [0.4, 0.5) is 0 Å². The van der Waals surface area contributed by atoms with Gasteiger partial charge in [0.15, 0.2) is 0 Å². The van der Waals surface area contributed by atoms with E-state index in [0.717, 1.165) is 0 Å². The van der Waals surface area contributed by atoms with Gasteiger partial charge in [-0.1, -0.05) is 6.92 Å². The lowest BCUT2D eigenvalue weighted by atomic mass is 10.0. The van der Waals surface area contributed by atoms with Gasteiger partial charge in [-0.05, 0) is 0 Å². The van der Waals surface area contributed by atoms with E-state index in [1.807, 2.05) is 0 Å². The molecule has 0 radical (unpaired) electrons. The Labute approximate surface area is 65.8 Å². The summed E-state index contributed by atoms with van der Waals surface area (Å²) in [4.78, 5) is 10.1. The van der Waals surface area contributed by atoms with Crippen molar-refractivity contribution in [3.8, 4) is 0 Å². The number of rotatable bonds is 5. The summed E-state index contributed by atoms with van der Waals surface area (Å²) in [7, 11) is 1.52. The highest BCUT2D eigenvalue weighted by atomic mass is 16.5. The number of methoxy groups -OCH3 is 1. The van der Waals surface area contributed by atoms with E-state index in [0.29, 0.717) is 6.61 Å². The second kappa shape index (κ2) is 5.09. The Morgan fingerprint density at radius 1 is 1.64 bits per heavy atom. The number of aliphatic hydroxyl groups is 1. The summed E-state index contributed by atoms with van der Waals surface area (Å²) < 4.78 is 4.75. The number of carboxylic acids is 1. The molecule has 2 atom stereocenters. The molecule has 0 amide bonds. The van der Waals surface area contributed by atoms with Gasteiger partial charge in [0.1, 0.15) is 0 Å². The van der Waals surface area contributed by atoms with Gasteiger partial charge in [0.2, 0.25) is 0 Å². The highest BCUT2D eigenvalue weighted by Gasteiger charge is 2.16. The van der Waals surface area contributed by atoms with Crippen molar-refractivity contribution in [2.24, 2.45) is 5.92 Å². The Kier molecular flexibility index (Phi) is 4.81. The summed E-state index contributed by atoms with van der Waals surface area (Å²) >= 11 is 0. The maximum atomic E-state index is 10.1. The standard InChI is InChI=1S/C7H14O4/c1-5(4-11-2)6(8)3-7(9)10/h5-6,8H,3-4H2,1-2H3,(H,9,10). The van der Waals surface area contributed by atoms with E-state index in [1.54, 1.807) is 6.92 Å². The minimum atomic E-state index is -0.986. The second-order valence-electron chi connectivity index (χ2n) is 2.60. The summed E-state index contributed by atoms with van der Waals surface area (Å²) in [6, 6.07) is 0. The molecule has 4 heteroatoms. The van der Waals surface area contributed by atoms with Crippen LogP contribution in [0.15, 0.2) is 0 Å². The van der Waals surface area contributed by atoms with Gasteiger partial charge in [0, 0.05) is 13.0 Å². The molecule has 0 rings (SSSR count). The molecule has 0 saturated carbocycles. The number of ether oxygens (including phenoxy) is 1. The fourth-order valence-electron chi connectivity index (χ4n) is 0.754. The van der Waals surface area contributed by atoms with Crippen LogP contribution in [0.2, 0.25) is 0 Å². The minimum absolute atomic E-state index is 0.129. The van der Waals surface area contributed by atoms with Gasteiger partial charge in [0.25, 0.3) is 0 Å². The van der Waals surface area contributed by atoms with E-state index in [1.165, 1.54) is 7.11 Å². The monoisotopic (exact) mass is 162 g/mol. The average Bonchev–Trinajstić information content (AvgIpc) is 1.86. The first-order valence-corrected chi connectivity index (χ1v) is 3.46. The van der Waals surface area contributed by atoms with Crippen LogP contribution >= 0.6 is 0 Å². The van der Waals surface area contributed by atoms with Crippen molar-refractivity contribution in [2.75, 3.05) is 13.7 Å². The molecular formula is C7H14O4. The number of aliphatic carboxylic acids is 1. The van der Waals surface area contributed by atoms with Crippen LogP contribution in [0, 0.1) is 5.92 Å². The van der Waals surface area contributed by atoms with Crippen LogP contribution < -0.4 is 0 Å². The molecule has 66 valence electrons. The van der Waals surface area contributed by atoms with E-state index in [2.05, 4.69) is 0 Å². The number of hydrogen-bond donors (Lipinski definition) is 2. The molecule has 4 nitrogen and oxygen atoms in total. The molecule has 2 unspecified atom stereocenters. The molecule has 0 bridgehead atoms. The summed E-state index contributed by atoms with van der Waals surface area (Å²) in [5, 5.41) is 17.5. The zero-order chi connectivity index (χ0) is 8.85. The zero-order valence-corrected chi connectivity index (χ0v) is 6.78. The second-order valence-corrected chi connectivity index (χ2v) is 2.60. The Balaban J connectivity index is 3.63. The highest BCUT2D eigenvalue weighted by Crippen LogP contribution is 2.06. The third-order valence-electron chi connectivity index (χ3n) is 1.47. The summed E-state index contributed by atoms with van der Waals surface area (Å²) in [5.41, 5.74) is 0. The fourth-order valence-corrected chi connectivity index (χ4v) is 0.754. The van der Waals surface area contributed by atoms with Crippen molar-refractivity contribution in [3.63, 3.8) is 0 Å². The highest BCUT2D eigenvalue weighted by molar-refractivity contribution is 5.67. The molecular weight excluding hydrogens is 148 g/mol. The maximum absolute atomic E-state index is 10.1. The quantitative estimate of drug-likeness (QED) is 0.602. The Bertz CT molecular complexity index is 124. The number of aliphatic hydroxyl groups excluding tert-OH is 1. The molecule has 0 aliphatic rings. The van der Waals surface area contributed by atoms with Crippen LogP contribution in [0.3, 0.4) is 0 Å². The van der Waals surface area contributed by atoms with Gasteiger partial charge >= 0.3 is 5.97 Å². The lowest BCUT2D eigenvalue weighted by Gasteiger charge is -2.15. The Morgan fingerprint density at radius 2 is 2.18 bits per heavy atom. The lowest BCUT2D eigenvalue weighted by molar-refractivity contribution is -0.140. The van der Waals surface area contributed by atoms with Gasteiger partial charge in [-0.3, -0.25) is 4.79 Å². The topological polar surface area (TPSA) is 66.8 Å². The molecule has 0 aromatic heterocycles. The van der Waals surface area contributed by atoms with Crippen molar-refractivity contribution in [1.29, 1.82) is 0 Å². The first kappa shape index (κ1) is 10.4. The molecule has 11 heavy (non-hydrogen) atoms. The van der Waals surface area contributed by atoms with Crippen molar-refractivity contribution in [2.45, 2.75) is 19.4 Å². The van der Waals surface area contributed by atoms with Crippen molar-refractivity contribution in [1.82, 2.24) is 0 Å². The predicted molar refractivity (Wildman–Crippen MR) is 39.3 cm³/mol. The van der Waals surface area contributed by atoms with Crippen LogP contribution in [0.1, 0.15) is 13.3 Å². The molecule has 0 aromatic carbocycles. The molecule has 0 saturated heterocycles. The van der Waals surface area contributed by atoms with E-state index < -0.39 is 12.1 Å². The molecule has 0 aliphatic heterocycles. The zero-order valence-electron chi connectivity index (χ0n) is 6.78. The molecule has 0 heterocycles. The van der Waals surface area contributed by atoms with Gasteiger partial charge in [-0.25, -0.2) is 0 Å². The molecule has 0 spiro atoms. The normalized spacial score (nSPS) is 15.9. The number of carbonyl (C=O) groups is 1. The summed E-state index contributed by atoms with van der Waals surface area (Å²) in [6.07, 6.45) is -1.03. The van der Waals surface area contributed by atoms with Crippen molar-refractivity contribution in [3.05, 3.63) is 0 Å². The predicted octanol–water partition coefficient (Wildman–Crippen LogP) is 0.104. The molecule has 0 aromatic rings. The average molecular weight is 162 g/mol. The SMILES string of the molecule is COCC(C)C(O)CC(=O)O. The van der Waals surface area contributed by atoms with Crippen molar-refractivity contribution >= 4 is 5.97 Å². The molecule has 2 N–H and O–H groups in total. The molecule has 0 fully saturated rings. The number of hydrogen-bond acceptors (Lipinski definition) is 3. The van der Waals surface area contributed by atoms with Crippen LogP contribution in [0.5, 0.6) is 0 Å². The smallest absolute Gasteiger partial charge is 0.305 e. The van der Waals surface area contributed by atoms with E-state index >= 15 is 0 Å². The third-order valence-corrected chi connectivity index (χ3v) is 1.47. The Morgan fingerprint density at radius 3 is 2.55 bits per heavy atom. The first-order chi connectivity index (χ1) is 5.07.